The Morgan fingerprint density at radius 2 is 2.09 bits per heavy atom. The number of hydrogen-bond donors (Lipinski definition) is 0. The molecular formula is C9H17NS. The van der Waals surface area contributed by atoms with E-state index in [4.69, 9.17) is 0 Å². The fourth-order valence-electron chi connectivity index (χ4n) is 0.703. The maximum Gasteiger partial charge on any atom is 0.0927 e. The van der Waals surface area contributed by atoms with E-state index in [-0.39, 0.29) is 0 Å². The van der Waals surface area contributed by atoms with E-state index in [0.29, 0.717) is 0 Å². The van der Waals surface area contributed by atoms with Gasteiger partial charge < -0.3 is 0 Å². The second-order valence-corrected chi connectivity index (χ2v) is 3.50. The van der Waals surface area contributed by atoms with Crippen molar-refractivity contribution in [2.45, 2.75) is 34.1 Å². The highest BCUT2D eigenvalue weighted by Crippen LogP contribution is 2.09. The van der Waals surface area contributed by atoms with E-state index in [9.17, 15) is 0 Å². The predicted octanol–water partition coefficient (Wildman–Crippen LogP) is 3.37. The van der Waals surface area contributed by atoms with Crippen molar-refractivity contribution in [2.24, 2.45) is 5.92 Å². The molecule has 1 rings (SSSR count). The molecule has 0 aliphatic rings. The molecule has 0 atom stereocenters. The van der Waals surface area contributed by atoms with Gasteiger partial charge in [-0.1, -0.05) is 27.7 Å². The molecule has 0 aromatic carbocycles. The lowest BCUT2D eigenvalue weighted by Gasteiger charge is -1.97. The monoisotopic (exact) mass is 171 g/mol. The van der Waals surface area contributed by atoms with E-state index >= 15 is 0 Å². The summed E-state index contributed by atoms with van der Waals surface area (Å²) in [6.07, 6.45) is 2.99. The lowest BCUT2D eigenvalue weighted by molar-refractivity contribution is 0.644. The highest BCUT2D eigenvalue weighted by molar-refractivity contribution is 7.09. The van der Waals surface area contributed by atoms with Crippen LogP contribution in [0.1, 0.15) is 32.7 Å². The lowest BCUT2D eigenvalue weighted by Crippen LogP contribution is -1.91. The van der Waals surface area contributed by atoms with Crippen molar-refractivity contribution in [3.05, 3.63) is 16.6 Å². The molecule has 2 heteroatoms. The van der Waals surface area contributed by atoms with E-state index in [1.807, 2.05) is 25.4 Å². The van der Waals surface area contributed by atoms with Crippen molar-refractivity contribution < 1.29 is 0 Å². The zero-order valence-electron chi connectivity index (χ0n) is 7.79. The molecule has 1 heterocycles. The van der Waals surface area contributed by atoms with Crippen LogP contribution in [-0.4, -0.2) is 4.98 Å². The van der Waals surface area contributed by atoms with Gasteiger partial charge in [-0.3, -0.25) is 0 Å². The number of rotatable bonds is 2. The van der Waals surface area contributed by atoms with Crippen molar-refractivity contribution in [1.82, 2.24) is 4.98 Å². The van der Waals surface area contributed by atoms with Crippen molar-refractivity contribution in [2.75, 3.05) is 0 Å². The minimum Gasteiger partial charge on any atom is -0.250 e. The van der Waals surface area contributed by atoms with E-state index in [1.54, 1.807) is 11.3 Å². The first-order valence-electron chi connectivity index (χ1n) is 4.17. The Morgan fingerprint density at radius 3 is 2.45 bits per heavy atom. The second kappa shape index (κ2) is 6.35. The Labute approximate surface area is 73.5 Å². The maximum atomic E-state index is 4.17. The molecule has 0 fully saturated rings. The molecule has 0 saturated carbocycles. The van der Waals surface area contributed by atoms with E-state index < -0.39 is 0 Å². The third-order valence-corrected chi connectivity index (χ3v) is 1.87. The first kappa shape index (κ1) is 10.6. The summed E-state index contributed by atoms with van der Waals surface area (Å²) in [5, 5.41) is 3.28. The van der Waals surface area contributed by atoms with Gasteiger partial charge in [-0.15, -0.1) is 11.3 Å². The summed E-state index contributed by atoms with van der Waals surface area (Å²) in [5.41, 5.74) is 0. The van der Waals surface area contributed by atoms with Crippen LogP contribution in [-0.2, 0) is 6.42 Å². The smallest absolute Gasteiger partial charge is 0.0927 e. The molecule has 1 aromatic heterocycles. The Balaban J connectivity index is 0.000000461. The van der Waals surface area contributed by atoms with Gasteiger partial charge in [0, 0.05) is 18.0 Å². The molecule has 0 saturated heterocycles. The highest BCUT2D eigenvalue weighted by Gasteiger charge is 1.97. The van der Waals surface area contributed by atoms with Crippen LogP contribution >= 0.6 is 11.3 Å². The molecule has 1 aromatic rings. The minimum absolute atomic E-state index is 0.733. The Hall–Kier alpha value is -0.370. The van der Waals surface area contributed by atoms with Crippen LogP contribution in [0.2, 0.25) is 0 Å². The number of aromatic nitrogens is 1. The molecule has 0 unspecified atom stereocenters. The second-order valence-electron chi connectivity index (χ2n) is 2.52. The summed E-state index contributed by atoms with van der Waals surface area (Å²) < 4.78 is 0. The number of nitrogens with zero attached hydrogens (tertiary/aromatic N) is 1. The van der Waals surface area contributed by atoms with E-state index in [2.05, 4.69) is 18.8 Å². The van der Waals surface area contributed by atoms with Crippen LogP contribution in [0.3, 0.4) is 0 Å². The van der Waals surface area contributed by atoms with Crippen LogP contribution in [0.15, 0.2) is 11.6 Å². The molecule has 0 N–H and O–H groups in total. The zero-order valence-corrected chi connectivity index (χ0v) is 8.61. The molecule has 0 aliphatic heterocycles. The van der Waals surface area contributed by atoms with Gasteiger partial charge in [-0.2, -0.15) is 0 Å². The maximum absolute atomic E-state index is 4.17. The molecule has 1 nitrogen and oxygen atoms in total. The first-order chi connectivity index (χ1) is 5.29. The fourth-order valence-corrected chi connectivity index (χ4v) is 1.53. The van der Waals surface area contributed by atoms with Crippen LogP contribution in [0.25, 0.3) is 0 Å². The summed E-state index contributed by atoms with van der Waals surface area (Å²) in [6.45, 7) is 8.42. The average molecular weight is 171 g/mol. The fraction of sp³-hybridized carbons (Fsp3) is 0.667. The van der Waals surface area contributed by atoms with Gasteiger partial charge in [0.15, 0.2) is 0 Å². The summed E-state index contributed by atoms with van der Waals surface area (Å²) in [7, 11) is 0. The molecule has 0 radical (unpaired) electrons. The first-order valence-corrected chi connectivity index (χ1v) is 5.05. The molecule has 64 valence electrons. The Bertz CT molecular complexity index is 156. The van der Waals surface area contributed by atoms with E-state index in [0.717, 1.165) is 12.3 Å². The molecule has 11 heavy (non-hydrogen) atoms. The molecular weight excluding hydrogens is 154 g/mol. The van der Waals surface area contributed by atoms with Gasteiger partial charge in [0.2, 0.25) is 0 Å². The van der Waals surface area contributed by atoms with Crippen molar-refractivity contribution in [3.8, 4) is 0 Å². The minimum atomic E-state index is 0.733. The van der Waals surface area contributed by atoms with Crippen molar-refractivity contribution in [3.63, 3.8) is 0 Å². The summed E-state index contributed by atoms with van der Waals surface area (Å²) in [5.74, 6) is 0.733. The molecule has 0 amide bonds. The van der Waals surface area contributed by atoms with Crippen molar-refractivity contribution in [1.29, 1.82) is 0 Å². The summed E-state index contributed by atoms with van der Waals surface area (Å²) in [4.78, 5) is 4.17. The van der Waals surface area contributed by atoms with E-state index in [1.165, 1.54) is 5.01 Å². The van der Waals surface area contributed by atoms with Crippen molar-refractivity contribution >= 4 is 11.3 Å². The van der Waals surface area contributed by atoms with Crippen LogP contribution < -0.4 is 0 Å². The molecule has 0 bridgehead atoms. The SMILES string of the molecule is CC.CC(C)Cc1nccs1. The quantitative estimate of drug-likeness (QED) is 0.665. The van der Waals surface area contributed by atoms with Gasteiger partial charge in [-0.25, -0.2) is 4.98 Å². The standard InChI is InChI=1S/C7H11NS.C2H6/c1-6(2)5-7-8-3-4-9-7;1-2/h3-4,6H,5H2,1-2H3;1-2H3. The van der Waals surface area contributed by atoms with Gasteiger partial charge in [0.05, 0.1) is 5.01 Å². The highest BCUT2D eigenvalue weighted by atomic mass is 32.1. The normalized spacial score (nSPS) is 9.18. The van der Waals surface area contributed by atoms with Gasteiger partial charge in [0.25, 0.3) is 0 Å². The predicted molar refractivity (Wildman–Crippen MR) is 52.0 cm³/mol. The third-order valence-electron chi connectivity index (χ3n) is 1.07. The van der Waals surface area contributed by atoms with Gasteiger partial charge in [-0.05, 0) is 5.92 Å². The van der Waals surface area contributed by atoms with Gasteiger partial charge >= 0.3 is 0 Å². The zero-order chi connectivity index (χ0) is 8.69. The van der Waals surface area contributed by atoms with Crippen LogP contribution in [0.4, 0.5) is 0 Å². The number of hydrogen-bond acceptors (Lipinski definition) is 2. The average Bonchev–Trinajstić information content (AvgIpc) is 2.43. The third kappa shape index (κ3) is 4.96. The summed E-state index contributed by atoms with van der Waals surface area (Å²) >= 11 is 1.74. The van der Waals surface area contributed by atoms with Crippen LogP contribution in [0.5, 0.6) is 0 Å². The lowest BCUT2D eigenvalue weighted by atomic mass is 10.1. The topological polar surface area (TPSA) is 12.9 Å². The summed E-state index contributed by atoms with van der Waals surface area (Å²) in [6, 6.07) is 0. The van der Waals surface area contributed by atoms with Crippen LogP contribution in [0, 0.1) is 5.92 Å². The Kier molecular flexibility index (Phi) is 6.13. The largest absolute Gasteiger partial charge is 0.250 e. The van der Waals surface area contributed by atoms with Gasteiger partial charge in [0.1, 0.15) is 0 Å². The Morgan fingerprint density at radius 1 is 1.45 bits per heavy atom. The molecule has 0 aliphatic carbocycles. The molecule has 0 spiro atoms. The number of thiazole rings is 1.